The fourth-order valence-corrected chi connectivity index (χ4v) is 1.45. The zero-order valence-electron chi connectivity index (χ0n) is 12.0. The molecule has 5 nitrogen and oxygen atoms in total. The van der Waals surface area contributed by atoms with Gasteiger partial charge in [-0.1, -0.05) is 19.2 Å². The Bertz CT molecular complexity index is 527. The normalized spacial score (nSPS) is 12.1. The van der Waals surface area contributed by atoms with Crippen LogP contribution in [0.3, 0.4) is 0 Å². The summed E-state index contributed by atoms with van der Waals surface area (Å²) in [6.07, 6.45) is 10.4. The van der Waals surface area contributed by atoms with E-state index in [1.807, 2.05) is 18.2 Å². The molecular formula is C16H20N4O. The summed E-state index contributed by atoms with van der Waals surface area (Å²) in [5.74, 6) is 1.02. The number of amides is 1. The van der Waals surface area contributed by atoms with E-state index in [1.54, 1.807) is 30.7 Å². The second kappa shape index (κ2) is 10.1. The highest BCUT2D eigenvalue weighted by Crippen LogP contribution is 1.93. The van der Waals surface area contributed by atoms with Crippen LogP contribution in [0.5, 0.6) is 0 Å². The minimum absolute atomic E-state index is 0.204. The van der Waals surface area contributed by atoms with Crippen LogP contribution in [0.15, 0.2) is 49.9 Å². The maximum atomic E-state index is 10.1. The molecule has 1 amide bonds. The molecule has 0 spiro atoms. The second-order valence-electron chi connectivity index (χ2n) is 4.09. The number of H-pyrrole nitrogens is 1. The molecule has 2 N–H and O–H groups in total. The number of hydrogen-bond acceptors (Lipinski definition) is 3. The fraction of sp³-hybridized carbons (Fsp3) is 0.188. The van der Waals surface area contributed by atoms with E-state index < -0.39 is 0 Å². The Kier molecular flexibility index (Phi) is 7.90. The van der Waals surface area contributed by atoms with Crippen LogP contribution in [0.4, 0.5) is 0 Å². The molecule has 0 saturated carbocycles. The van der Waals surface area contributed by atoms with Crippen molar-refractivity contribution in [3.05, 3.63) is 61.5 Å². The van der Waals surface area contributed by atoms with Gasteiger partial charge in [0.1, 0.15) is 5.82 Å². The van der Waals surface area contributed by atoms with E-state index in [-0.39, 0.29) is 5.91 Å². The molecule has 1 aliphatic rings. The third-order valence-corrected chi connectivity index (χ3v) is 2.51. The van der Waals surface area contributed by atoms with Crippen molar-refractivity contribution in [2.24, 2.45) is 0 Å². The Hall–Kier alpha value is -2.69. The molecule has 0 aromatic carbocycles. The molecule has 0 atom stereocenters. The number of imidazole rings is 1. The summed E-state index contributed by atoms with van der Waals surface area (Å²) < 4.78 is 0. The Labute approximate surface area is 124 Å². The van der Waals surface area contributed by atoms with Gasteiger partial charge in [-0.15, -0.1) is 0 Å². The van der Waals surface area contributed by atoms with Crippen molar-refractivity contribution in [1.29, 1.82) is 0 Å². The number of nitrogens with zero attached hydrogens (tertiary/aromatic N) is 2. The highest BCUT2D eigenvalue weighted by atomic mass is 16.1. The van der Waals surface area contributed by atoms with Crippen molar-refractivity contribution in [3.8, 4) is 0 Å². The molecule has 1 fully saturated rings. The van der Waals surface area contributed by atoms with Crippen LogP contribution in [0.2, 0.25) is 0 Å². The number of nitrogens with one attached hydrogen (secondary N) is 2. The Morgan fingerprint density at radius 1 is 1.14 bits per heavy atom. The van der Waals surface area contributed by atoms with E-state index in [0.29, 0.717) is 0 Å². The first-order valence-electron chi connectivity index (χ1n) is 6.68. The van der Waals surface area contributed by atoms with E-state index >= 15 is 0 Å². The van der Waals surface area contributed by atoms with Gasteiger partial charge in [0.2, 0.25) is 5.91 Å². The van der Waals surface area contributed by atoms with Gasteiger partial charge in [-0.2, -0.15) is 0 Å². The predicted octanol–water partition coefficient (Wildman–Crippen LogP) is 2.67. The predicted molar refractivity (Wildman–Crippen MR) is 85.3 cm³/mol. The van der Waals surface area contributed by atoms with Crippen molar-refractivity contribution in [1.82, 2.24) is 20.3 Å². The van der Waals surface area contributed by atoms with Crippen LogP contribution in [0.25, 0.3) is 12.2 Å². The average molecular weight is 284 g/mol. The zero-order valence-corrected chi connectivity index (χ0v) is 12.0. The minimum atomic E-state index is 0.204. The lowest BCUT2D eigenvalue weighted by molar-refractivity contribution is -0.119. The highest BCUT2D eigenvalue weighted by molar-refractivity contribution is 5.77. The van der Waals surface area contributed by atoms with Crippen molar-refractivity contribution >= 4 is 18.1 Å². The van der Waals surface area contributed by atoms with E-state index in [2.05, 4.69) is 33.4 Å². The smallest absolute Gasteiger partial charge is 0.220 e. The zero-order chi connectivity index (χ0) is 15.3. The molecule has 0 unspecified atom stereocenters. The lowest BCUT2D eigenvalue weighted by atomic mass is 10.4. The van der Waals surface area contributed by atoms with Gasteiger partial charge >= 0.3 is 0 Å². The first-order valence-corrected chi connectivity index (χ1v) is 6.68. The average Bonchev–Trinajstić information content (AvgIpc) is 3.22. The maximum absolute atomic E-state index is 10.1. The molecule has 3 rings (SSSR count). The molecule has 1 aliphatic heterocycles. The van der Waals surface area contributed by atoms with Crippen molar-refractivity contribution in [3.63, 3.8) is 0 Å². The molecule has 0 bridgehead atoms. The van der Waals surface area contributed by atoms with Crippen LogP contribution >= 0.6 is 0 Å². The molecule has 3 heterocycles. The third-order valence-electron chi connectivity index (χ3n) is 2.51. The van der Waals surface area contributed by atoms with Crippen molar-refractivity contribution < 1.29 is 4.79 Å². The molecule has 21 heavy (non-hydrogen) atoms. The summed E-state index contributed by atoms with van der Waals surface area (Å²) >= 11 is 0. The van der Waals surface area contributed by atoms with Gasteiger partial charge < -0.3 is 10.3 Å². The summed E-state index contributed by atoms with van der Waals surface area (Å²) in [4.78, 5) is 20.8. The van der Waals surface area contributed by atoms with Crippen LogP contribution in [-0.2, 0) is 4.79 Å². The van der Waals surface area contributed by atoms with E-state index in [9.17, 15) is 4.79 Å². The number of rotatable bonds is 2. The van der Waals surface area contributed by atoms with E-state index in [0.717, 1.165) is 30.9 Å². The lowest BCUT2D eigenvalue weighted by Crippen LogP contribution is -2.12. The molecule has 0 radical (unpaired) electrons. The highest BCUT2D eigenvalue weighted by Gasteiger charge is 2.05. The van der Waals surface area contributed by atoms with Gasteiger partial charge in [-0.25, -0.2) is 4.98 Å². The van der Waals surface area contributed by atoms with Gasteiger partial charge in [0.25, 0.3) is 0 Å². The first-order chi connectivity index (χ1) is 10.3. The fourth-order valence-electron chi connectivity index (χ4n) is 1.45. The first kappa shape index (κ1) is 16.4. The summed E-state index contributed by atoms with van der Waals surface area (Å²) in [6, 6.07) is 5.73. The Morgan fingerprint density at radius 3 is 2.29 bits per heavy atom. The standard InChI is InChI=1S/C7H7N.C5H6N2.C4H7NO/c1-2-7-5-3-4-6-8-7;1-2-5-6-3-4-7-5;6-4-2-1-3-5-4/h2-6H,1H2;2-4H,1H2,(H,6,7);1-3H2,(H,5,6). The van der Waals surface area contributed by atoms with Gasteiger partial charge in [-0.05, 0) is 30.7 Å². The molecule has 1 saturated heterocycles. The largest absolute Gasteiger partial charge is 0.356 e. The summed E-state index contributed by atoms with van der Waals surface area (Å²) in [6.45, 7) is 7.97. The molecule has 2 aromatic heterocycles. The lowest BCUT2D eigenvalue weighted by Gasteiger charge is -1.84. The number of hydrogen-bond donors (Lipinski definition) is 2. The van der Waals surface area contributed by atoms with Crippen LogP contribution < -0.4 is 5.32 Å². The quantitative estimate of drug-likeness (QED) is 0.890. The molecular weight excluding hydrogens is 264 g/mol. The number of aromatic amines is 1. The van der Waals surface area contributed by atoms with Gasteiger partial charge in [0.15, 0.2) is 0 Å². The Morgan fingerprint density at radius 2 is 2.00 bits per heavy atom. The minimum Gasteiger partial charge on any atom is -0.356 e. The maximum Gasteiger partial charge on any atom is 0.220 e. The summed E-state index contributed by atoms with van der Waals surface area (Å²) in [5, 5.41) is 2.68. The van der Waals surface area contributed by atoms with E-state index in [1.165, 1.54) is 0 Å². The molecule has 2 aromatic rings. The Balaban J connectivity index is 0.000000159. The van der Waals surface area contributed by atoms with Gasteiger partial charge in [0.05, 0.1) is 5.69 Å². The van der Waals surface area contributed by atoms with Gasteiger partial charge in [-0.3, -0.25) is 9.78 Å². The monoisotopic (exact) mass is 284 g/mol. The van der Waals surface area contributed by atoms with Crippen molar-refractivity contribution in [2.45, 2.75) is 12.8 Å². The number of pyridine rings is 1. The molecule has 0 aliphatic carbocycles. The van der Waals surface area contributed by atoms with Crippen LogP contribution in [-0.4, -0.2) is 27.4 Å². The SMILES string of the molecule is C=Cc1ccccn1.C=Cc1ncc[nH]1.O=C1CCCN1. The number of aromatic nitrogens is 3. The molecule has 110 valence electrons. The van der Waals surface area contributed by atoms with Gasteiger partial charge in [0, 0.05) is 31.6 Å². The molecule has 5 heteroatoms. The third kappa shape index (κ3) is 7.47. The topological polar surface area (TPSA) is 70.7 Å². The van der Waals surface area contributed by atoms with Crippen LogP contribution in [0, 0.1) is 0 Å². The number of carbonyl (C=O) groups is 1. The van der Waals surface area contributed by atoms with Crippen LogP contribution in [0.1, 0.15) is 24.4 Å². The number of carbonyl (C=O) groups excluding carboxylic acids is 1. The van der Waals surface area contributed by atoms with E-state index in [4.69, 9.17) is 0 Å². The summed E-state index contributed by atoms with van der Waals surface area (Å²) in [5.41, 5.74) is 0.924. The van der Waals surface area contributed by atoms with Crippen molar-refractivity contribution in [2.75, 3.05) is 6.54 Å². The summed E-state index contributed by atoms with van der Waals surface area (Å²) in [7, 11) is 0. The second-order valence-corrected chi connectivity index (χ2v) is 4.09.